The van der Waals surface area contributed by atoms with Gasteiger partial charge >= 0.3 is 302 Å². The standard InChI is InChI=1S/C42H36B10O5/c1-3-7-37-35(5-1)39-31-15-19-34(20-16-31)57-28-26-55-24-22-53-21-23-54-25-27-56-33-17-13-30(14-18-33)29-9-11-32(12-10-29)41-42(40(37)38-8-4-2-6-36(38)39)44-46-48-50-52-51-49-47-45-43-41/h1-20H,21-28H2/b42-41-. The first-order valence-corrected chi connectivity index (χ1v) is 19.7. The Labute approximate surface area is 341 Å². The van der Waals surface area contributed by atoms with Crippen molar-refractivity contribution in [2.24, 2.45) is 0 Å². The van der Waals surface area contributed by atoms with E-state index in [1.54, 1.807) is 0 Å². The molecule has 0 atom stereocenters. The zero-order chi connectivity index (χ0) is 38.5. The van der Waals surface area contributed by atoms with E-state index in [1.165, 1.54) is 32.7 Å². The van der Waals surface area contributed by atoms with Gasteiger partial charge in [-0.3, -0.25) is 0 Å². The first-order valence-electron chi connectivity index (χ1n) is 19.7. The van der Waals surface area contributed by atoms with E-state index in [9.17, 15) is 0 Å². The molecule has 12 rings (SSSR count). The van der Waals surface area contributed by atoms with Crippen molar-refractivity contribution in [1.29, 1.82) is 0 Å². The Hall–Kier alpha value is -4.29. The second kappa shape index (κ2) is 20.4. The minimum atomic E-state index is 0.454. The van der Waals surface area contributed by atoms with Crippen molar-refractivity contribution in [3.63, 3.8) is 0 Å². The third-order valence-electron chi connectivity index (χ3n) is 10.1. The Kier molecular flexibility index (Phi) is 14.2. The molecule has 0 amide bonds. The van der Waals surface area contributed by atoms with Crippen LogP contribution in [0, 0.1) is 0 Å². The van der Waals surface area contributed by atoms with Gasteiger partial charge in [0.25, 0.3) is 0 Å². The van der Waals surface area contributed by atoms with Gasteiger partial charge in [-0.2, -0.15) is 0 Å². The fourth-order valence-corrected chi connectivity index (χ4v) is 7.35. The molecule has 6 aliphatic heterocycles. The zero-order valence-electron chi connectivity index (χ0n) is 32.0. The molecular formula is C42H36B10O5. The van der Waals surface area contributed by atoms with E-state index >= 15 is 0 Å². The molecular weight excluding hydrogens is 693 g/mol. The Bertz CT molecular complexity index is 2440. The van der Waals surface area contributed by atoms with Gasteiger partial charge in [0.2, 0.25) is 0 Å². The van der Waals surface area contributed by atoms with Crippen molar-refractivity contribution in [2.75, 3.05) is 52.9 Å². The Morgan fingerprint density at radius 2 is 0.649 bits per heavy atom. The topological polar surface area (TPSA) is 46.2 Å². The molecule has 0 radical (unpaired) electrons. The molecule has 0 saturated carbocycles. The molecule has 6 aliphatic rings. The van der Waals surface area contributed by atoms with Crippen LogP contribution in [0.3, 0.4) is 0 Å². The van der Waals surface area contributed by atoms with Crippen LogP contribution in [0.1, 0.15) is 11.1 Å². The number of benzene rings is 6. The van der Waals surface area contributed by atoms with Crippen LogP contribution in [0.2, 0.25) is 0 Å². The summed E-state index contributed by atoms with van der Waals surface area (Å²) in [7, 11) is 0. The molecule has 8 bridgehead atoms. The summed E-state index contributed by atoms with van der Waals surface area (Å²) >= 11 is 0. The fourth-order valence-electron chi connectivity index (χ4n) is 7.35. The van der Waals surface area contributed by atoms with Crippen LogP contribution in [0.5, 0.6) is 11.5 Å². The number of ether oxygens (including phenoxy) is 5. The normalized spacial score (nSPS) is 15.7. The van der Waals surface area contributed by atoms with Crippen molar-refractivity contribution in [1.82, 2.24) is 0 Å². The molecule has 5 nitrogen and oxygen atoms in total. The van der Waals surface area contributed by atoms with Gasteiger partial charge < -0.3 is 14.2 Å². The molecule has 0 fully saturated rings. The summed E-state index contributed by atoms with van der Waals surface area (Å²) in [5.74, 6) is 1.62. The molecule has 0 aromatic heterocycles. The van der Waals surface area contributed by atoms with Crippen LogP contribution >= 0.6 is 0 Å². The van der Waals surface area contributed by atoms with Crippen LogP contribution in [-0.4, -0.2) is 120 Å². The van der Waals surface area contributed by atoms with Crippen molar-refractivity contribution in [2.45, 2.75) is 0 Å². The summed E-state index contributed by atoms with van der Waals surface area (Å²) < 4.78 is 29.1. The van der Waals surface area contributed by atoms with E-state index < -0.39 is 0 Å². The average molecular weight is 729 g/mol. The molecule has 6 heterocycles. The van der Waals surface area contributed by atoms with Gasteiger partial charge in [0.05, 0.1) is 26.4 Å². The maximum absolute atomic E-state index is 6.07. The summed E-state index contributed by atoms with van der Waals surface area (Å²) in [6.45, 7) is 25.1. The number of hydrogen-bond donors (Lipinski definition) is 0. The zero-order valence-corrected chi connectivity index (χ0v) is 32.0. The van der Waals surface area contributed by atoms with Gasteiger partial charge in [0, 0.05) is 0 Å². The molecule has 0 N–H and O–H groups in total. The van der Waals surface area contributed by atoms with Gasteiger partial charge in [-0.25, -0.2) is 0 Å². The maximum atomic E-state index is 6.07. The van der Waals surface area contributed by atoms with Gasteiger partial charge in [-0.15, -0.1) is 0 Å². The first-order chi connectivity index (χ1) is 28.3. The van der Waals surface area contributed by atoms with Gasteiger partial charge in [0.1, 0.15) is 0 Å². The fraction of sp³-hybridized carbons (Fsp3) is 0.190. The summed E-state index contributed by atoms with van der Waals surface area (Å²) in [5.41, 5.74) is 9.17. The molecule has 0 unspecified atom stereocenters. The van der Waals surface area contributed by atoms with E-state index in [1.807, 2.05) is 25.5 Å². The molecule has 57 heavy (non-hydrogen) atoms. The van der Waals surface area contributed by atoms with Crippen molar-refractivity contribution in [3.05, 3.63) is 132 Å². The van der Waals surface area contributed by atoms with Crippen LogP contribution < -0.4 is 9.47 Å². The third kappa shape index (κ3) is 10.1. The van der Waals surface area contributed by atoms with Gasteiger partial charge in [-0.1, -0.05) is 0 Å². The molecule has 264 valence electrons. The summed E-state index contributed by atoms with van der Waals surface area (Å²) in [6.07, 6.45) is 0. The minimum absolute atomic E-state index is 0.454. The van der Waals surface area contributed by atoms with Crippen LogP contribution in [0.4, 0.5) is 0 Å². The molecule has 6 aromatic carbocycles. The van der Waals surface area contributed by atoms with Crippen molar-refractivity contribution < 1.29 is 23.7 Å². The summed E-state index contributed by atoms with van der Waals surface area (Å²) in [5, 5.41) is 4.75. The number of fused-ring (bicyclic) bond motifs is 2. The second-order valence-corrected chi connectivity index (χ2v) is 13.7. The quantitative estimate of drug-likeness (QED) is 0.158. The Balaban J connectivity index is 1.27. The van der Waals surface area contributed by atoms with E-state index in [0.29, 0.717) is 52.9 Å². The third-order valence-corrected chi connectivity index (χ3v) is 10.1. The van der Waals surface area contributed by atoms with Gasteiger partial charge in [0.15, 0.2) is 0 Å². The summed E-state index contributed by atoms with van der Waals surface area (Å²) in [4.78, 5) is 0. The molecule has 0 aliphatic carbocycles. The Morgan fingerprint density at radius 1 is 0.298 bits per heavy atom. The van der Waals surface area contributed by atoms with Crippen LogP contribution in [0.25, 0.3) is 54.7 Å². The molecule has 6 aromatic rings. The predicted octanol–water partition coefficient (Wildman–Crippen LogP) is 5.26. The SMILES string of the molecule is B1=BB=BB=B/C2=C(\B=BB=B1)c1ccc(cc1)-c1ccc(cc1)OCCOCCOCCOCCOc1ccc(cc1)-c1c3ccccc3c2c2ccccc12. The van der Waals surface area contributed by atoms with Crippen molar-refractivity contribution >= 4 is 99.6 Å². The van der Waals surface area contributed by atoms with E-state index in [0.717, 1.165) is 44.7 Å². The van der Waals surface area contributed by atoms with Crippen molar-refractivity contribution in [3.8, 4) is 33.8 Å². The number of hydrogen-bond acceptors (Lipinski definition) is 5. The van der Waals surface area contributed by atoms with Gasteiger partial charge in [-0.05, 0) is 0 Å². The molecule has 0 saturated heterocycles. The van der Waals surface area contributed by atoms with E-state index in [2.05, 4.69) is 163 Å². The second-order valence-electron chi connectivity index (χ2n) is 13.7. The average Bonchev–Trinajstić information content (AvgIpc) is 3.25. The first kappa shape index (κ1) is 39.5. The van der Waals surface area contributed by atoms with Crippen LogP contribution in [-0.2, 0) is 14.2 Å². The van der Waals surface area contributed by atoms with E-state index in [-0.39, 0.29) is 0 Å². The summed E-state index contributed by atoms with van der Waals surface area (Å²) in [6, 6.07) is 43.1. The number of rotatable bonds is 0. The van der Waals surface area contributed by atoms with E-state index in [4.69, 9.17) is 23.7 Å². The monoisotopic (exact) mass is 730 g/mol. The predicted molar refractivity (Wildman–Crippen MR) is 247 cm³/mol. The Morgan fingerprint density at radius 3 is 1.12 bits per heavy atom. The van der Waals surface area contributed by atoms with Crippen LogP contribution in [0.15, 0.2) is 121 Å². The molecule has 0 spiro atoms. The molecule has 15 heteroatoms.